The van der Waals surface area contributed by atoms with Gasteiger partial charge in [-0.15, -0.1) is 0 Å². The molecule has 0 bridgehead atoms. The Bertz CT molecular complexity index is 866. The maximum absolute atomic E-state index is 12.3. The lowest BCUT2D eigenvalue weighted by Gasteiger charge is -2.10. The largest absolute Gasteiger partial charge is 0.354 e. The third-order valence-corrected chi connectivity index (χ3v) is 3.46. The predicted molar refractivity (Wildman–Crippen MR) is 89.7 cm³/mol. The minimum absolute atomic E-state index is 0.0978. The molecule has 8 nitrogen and oxygen atoms in total. The average Bonchev–Trinajstić information content (AvgIpc) is 2.56. The molecule has 1 heterocycles. The van der Waals surface area contributed by atoms with Crippen molar-refractivity contribution in [2.75, 3.05) is 13.1 Å². The fourth-order valence-electron chi connectivity index (χ4n) is 2.15. The topological polar surface area (TPSA) is 113 Å². The van der Waals surface area contributed by atoms with Gasteiger partial charge in [-0.2, -0.15) is 0 Å². The number of aromatic amines is 1. The van der Waals surface area contributed by atoms with Crippen LogP contribution in [0.2, 0.25) is 0 Å². The summed E-state index contributed by atoms with van der Waals surface area (Å²) < 4.78 is 0.979. The number of carbonyl (C=O) groups is 2. The summed E-state index contributed by atoms with van der Waals surface area (Å²) in [5, 5.41) is 8.19. The van der Waals surface area contributed by atoms with Gasteiger partial charge in [0.15, 0.2) is 0 Å². The number of H-pyrrole nitrogens is 1. The van der Waals surface area contributed by atoms with Crippen molar-refractivity contribution in [3.8, 4) is 0 Å². The van der Waals surface area contributed by atoms with Crippen LogP contribution in [0.25, 0.3) is 10.8 Å². The molecule has 2 rings (SSSR count). The van der Waals surface area contributed by atoms with E-state index in [1.54, 1.807) is 38.1 Å². The van der Waals surface area contributed by atoms with E-state index in [9.17, 15) is 19.2 Å². The Morgan fingerprint density at radius 3 is 2.38 bits per heavy atom. The monoisotopic (exact) mass is 332 g/mol. The van der Waals surface area contributed by atoms with Crippen LogP contribution in [0.3, 0.4) is 0 Å². The number of fused-ring (bicyclic) bond motifs is 1. The van der Waals surface area contributed by atoms with Crippen LogP contribution < -0.4 is 21.8 Å². The molecule has 0 aliphatic heterocycles. The molecule has 0 spiro atoms. The van der Waals surface area contributed by atoms with Crippen molar-refractivity contribution in [2.24, 2.45) is 5.92 Å². The van der Waals surface area contributed by atoms with Gasteiger partial charge in [-0.3, -0.25) is 24.3 Å². The van der Waals surface area contributed by atoms with E-state index >= 15 is 0 Å². The van der Waals surface area contributed by atoms with Crippen molar-refractivity contribution < 1.29 is 9.59 Å². The highest BCUT2D eigenvalue weighted by Gasteiger charge is 2.10. The van der Waals surface area contributed by atoms with Gasteiger partial charge in [-0.05, 0) is 12.1 Å². The van der Waals surface area contributed by atoms with E-state index in [1.807, 2.05) is 0 Å². The maximum Gasteiger partial charge on any atom is 0.273 e. The molecule has 24 heavy (non-hydrogen) atoms. The van der Waals surface area contributed by atoms with Gasteiger partial charge in [0.1, 0.15) is 6.54 Å². The zero-order valence-corrected chi connectivity index (χ0v) is 13.6. The van der Waals surface area contributed by atoms with E-state index in [1.165, 1.54) is 0 Å². The third-order valence-electron chi connectivity index (χ3n) is 3.46. The molecule has 0 unspecified atom stereocenters. The molecule has 2 aromatic rings. The Kier molecular flexibility index (Phi) is 5.51. The Balaban J connectivity index is 1.99. The van der Waals surface area contributed by atoms with E-state index in [4.69, 9.17) is 0 Å². The summed E-state index contributed by atoms with van der Waals surface area (Å²) in [4.78, 5) is 47.5. The van der Waals surface area contributed by atoms with Crippen LogP contribution in [0, 0.1) is 5.92 Å². The summed E-state index contributed by atoms with van der Waals surface area (Å²) in [5.41, 5.74) is -0.865. The van der Waals surface area contributed by atoms with Crippen molar-refractivity contribution >= 4 is 22.6 Å². The molecule has 8 heteroatoms. The number of amides is 2. The number of hydrogen-bond acceptors (Lipinski definition) is 4. The summed E-state index contributed by atoms with van der Waals surface area (Å²) in [6.07, 6.45) is 0. The van der Waals surface area contributed by atoms with E-state index in [0.717, 1.165) is 4.68 Å². The molecular formula is C16H20N4O4. The van der Waals surface area contributed by atoms with Crippen LogP contribution >= 0.6 is 0 Å². The molecule has 0 aliphatic rings. The molecule has 1 aromatic carbocycles. The van der Waals surface area contributed by atoms with Gasteiger partial charge < -0.3 is 10.6 Å². The summed E-state index contributed by atoms with van der Waals surface area (Å²) >= 11 is 0. The van der Waals surface area contributed by atoms with Crippen LogP contribution in [0.5, 0.6) is 0 Å². The molecule has 1 aromatic heterocycles. The molecule has 3 N–H and O–H groups in total. The van der Waals surface area contributed by atoms with Crippen LogP contribution in [-0.4, -0.2) is 34.7 Å². The molecule has 0 fully saturated rings. The first-order valence-corrected chi connectivity index (χ1v) is 7.66. The zero-order valence-electron chi connectivity index (χ0n) is 13.6. The zero-order chi connectivity index (χ0) is 17.7. The molecule has 2 amide bonds. The smallest absolute Gasteiger partial charge is 0.273 e. The van der Waals surface area contributed by atoms with Crippen LogP contribution in [0.4, 0.5) is 0 Å². The molecule has 0 saturated carbocycles. The van der Waals surface area contributed by atoms with Gasteiger partial charge in [0, 0.05) is 19.0 Å². The molecular weight excluding hydrogens is 312 g/mol. The van der Waals surface area contributed by atoms with Crippen molar-refractivity contribution in [1.29, 1.82) is 0 Å². The minimum Gasteiger partial charge on any atom is -0.354 e. The van der Waals surface area contributed by atoms with Crippen molar-refractivity contribution in [1.82, 2.24) is 20.4 Å². The van der Waals surface area contributed by atoms with Crippen LogP contribution in [-0.2, 0) is 16.1 Å². The van der Waals surface area contributed by atoms with Gasteiger partial charge in [0.05, 0.1) is 10.8 Å². The van der Waals surface area contributed by atoms with E-state index in [-0.39, 0.29) is 35.7 Å². The predicted octanol–water partition coefficient (Wildman–Crippen LogP) is -0.422. The number of aromatic nitrogens is 2. The number of benzene rings is 1. The van der Waals surface area contributed by atoms with E-state index in [0.29, 0.717) is 6.54 Å². The minimum atomic E-state index is -0.437. The van der Waals surface area contributed by atoms with Crippen molar-refractivity contribution in [2.45, 2.75) is 20.4 Å². The normalized spacial score (nSPS) is 10.8. The lowest BCUT2D eigenvalue weighted by Crippen LogP contribution is -2.40. The standard InChI is InChI=1S/C16H20N4O4/c1-10(2)14(22)18-8-7-17-13(21)9-20-16(24)12-6-4-3-5-11(12)15(23)19-20/h3-6,10H,7-9H2,1-2H3,(H,17,21)(H,18,22)(H,19,23). The third kappa shape index (κ3) is 4.09. The molecule has 0 aliphatic carbocycles. The average molecular weight is 332 g/mol. The second-order valence-electron chi connectivity index (χ2n) is 5.67. The summed E-state index contributed by atoms with van der Waals surface area (Å²) in [5.74, 6) is -0.650. The van der Waals surface area contributed by atoms with Gasteiger partial charge in [-0.25, -0.2) is 4.68 Å². The highest BCUT2D eigenvalue weighted by molar-refractivity contribution is 5.81. The number of nitrogens with one attached hydrogen (secondary N) is 3. The first kappa shape index (κ1) is 17.5. The lowest BCUT2D eigenvalue weighted by atomic mass is 10.2. The first-order chi connectivity index (χ1) is 11.4. The first-order valence-electron chi connectivity index (χ1n) is 7.66. The SMILES string of the molecule is CC(C)C(=O)NCCNC(=O)Cn1[nH]c(=O)c2ccccc2c1=O. The number of nitrogens with zero attached hydrogens (tertiary/aromatic N) is 1. The van der Waals surface area contributed by atoms with Crippen LogP contribution in [0.1, 0.15) is 13.8 Å². The summed E-state index contributed by atoms with van der Waals surface area (Å²) in [7, 11) is 0. The van der Waals surface area contributed by atoms with E-state index in [2.05, 4.69) is 15.7 Å². The highest BCUT2D eigenvalue weighted by atomic mass is 16.2. The summed E-state index contributed by atoms with van der Waals surface area (Å²) in [6, 6.07) is 6.42. The van der Waals surface area contributed by atoms with Gasteiger partial charge >= 0.3 is 0 Å². The Morgan fingerprint density at radius 1 is 1.08 bits per heavy atom. The number of rotatable bonds is 6. The number of carbonyl (C=O) groups excluding carboxylic acids is 2. The summed E-state index contributed by atoms with van der Waals surface area (Å²) in [6.45, 7) is 3.79. The second-order valence-corrected chi connectivity index (χ2v) is 5.67. The second kappa shape index (κ2) is 7.58. The van der Waals surface area contributed by atoms with Crippen LogP contribution in [0.15, 0.2) is 33.9 Å². The van der Waals surface area contributed by atoms with Crippen molar-refractivity contribution in [3.05, 3.63) is 45.0 Å². The molecule has 0 radical (unpaired) electrons. The van der Waals surface area contributed by atoms with Gasteiger partial charge in [-0.1, -0.05) is 26.0 Å². The van der Waals surface area contributed by atoms with E-state index < -0.39 is 17.0 Å². The maximum atomic E-state index is 12.3. The van der Waals surface area contributed by atoms with Gasteiger partial charge in [0.25, 0.3) is 11.1 Å². The Labute approximate surface area is 137 Å². The van der Waals surface area contributed by atoms with Crippen molar-refractivity contribution in [3.63, 3.8) is 0 Å². The fourth-order valence-corrected chi connectivity index (χ4v) is 2.15. The quantitative estimate of drug-likeness (QED) is 0.623. The molecule has 0 atom stereocenters. The Morgan fingerprint density at radius 2 is 1.71 bits per heavy atom. The number of hydrogen-bond donors (Lipinski definition) is 3. The van der Waals surface area contributed by atoms with Gasteiger partial charge in [0.2, 0.25) is 11.8 Å². The molecule has 128 valence electrons. The fraction of sp³-hybridized carbons (Fsp3) is 0.375. The lowest BCUT2D eigenvalue weighted by molar-refractivity contribution is -0.125. The molecule has 0 saturated heterocycles. The Hall–Kier alpha value is -2.90. The highest BCUT2D eigenvalue weighted by Crippen LogP contribution is 2.02.